The number of ether oxygens (including phenoxy) is 2. The van der Waals surface area contributed by atoms with Crippen molar-refractivity contribution < 1.29 is 47.5 Å². The topological polar surface area (TPSA) is 171 Å². The van der Waals surface area contributed by atoms with Crippen LogP contribution < -0.4 is 19.9 Å². The number of aliphatic hydroxyl groups excluding tert-OH is 2. The van der Waals surface area contributed by atoms with Gasteiger partial charge in [-0.3, -0.25) is 14.1 Å². The first-order chi connectivity index (χ1) is 16.1. The quantitative estimate of drug-likeness (QED) is 0.200. The van der Waals surface area contributed by atoms with Gasteiger partial charge in [-0.2, -0.15) is 9.65 Å². The lowest BCUT2D eigenvalue weighted by molar-refractivity contribution is -0.765. The molecule has 5 N–H and O–H groups in total. The first-order valence-corrected chi connectivity index (χ1v) is 11.8. The Morgan fingerprint density at radius 3 is 2.56 bits per heavy atom. The third-order valence-corrected chi connectivity index (χ3v) is 6.67. The fraction of sp³-hybridized carbons (Fsp3) is 0.381. The molecule has 0 spiro atoms. The smallest absolute Gasteiger partial charge is 0.459 e. The summed E-state index contributed by atoms with van der Waals surface area (Å²) < 4.78 is 36.1. The van der Waals surface area contributed by atoms with E-state index < -0.39 is 56.8 Å². The van der Waals surface area contributed by atoms with Crippen LogP contribution in [0, 0.1) is 0 Å². The third kappa shape index (κ3) is 6.17. The molecular weight excluding hydrogens is 469 g/mol. The predicted molar refractivity (Wildman–Crippen MR) is 116 cm³/mol. The molecule has 2 aromatic rings. The first kappa shape index (κ1) is 25.8. The lowest BCUT2D eigenvalue weighted by Crippen LogP contribution is -2.46. The number of esters is 1. The van der Waals surface area contributed by atoms with E-state index in [1.807, 2.05) is 0 Å². The summed E-state index contributed by atoms with van der Waals surface area (Å²) >= 11 is 0. The summed E-state index contributed by atoms with van der Waals surface area (Å²) in [6, 6.07) is 10.1. The van der Waals surface area contributed by atoms with Gasteiger partial charge in [-0.05, 0) is 25.1 Å². The average Bonchev–Trinajstić information content (AvgIpc) is 3.11. The minimum absolute atomic E-state index is 0.175. The molecular formula is C21H27N3O9P+. The van der Waals surface area contributed by atoms with Gasteiger partial charge in [0.2, 0.25) is 0 Å². The zero-order valence-corrected chi connectivity index (χ0v) is 19.4. The molecule has 0 saturated carbocycles. The Balaban J connectivity index is 1.74. The number of hydrogen-bond donors (Lipinski definition) is 4. The number of nitrogens with zero attached hydrogens (tertiary/aromatic N) is 1. The summed E-state index contributed by atoms with van der Waals surface area (Å²) in [6.45, 7) is 0.953. The molecule has 13 heteroatoms. The van der Waals surface area contributed by atoms with E-state index in [0.29, 0.717) is 0 Å². The Labute approximate surface area is 195 Å². The number of amides is 1. The normalized spacial score (nSPS) is 24.7. The molecule has 1 fully saturated rings. The monoisotopic (exact) mass is 496 g/mol. The number of nitrogens with one attached hydrogen (secondary N) is 1. The van der Waals surface area contributed by atoms with Crippen molar-refractivity contribution in [3.05, 3.63) is 60.4 Å². The van der Waals surface area contributed by atoms with Crippen molar-refractivity contribution in [1.29, 1.82) is 0 Å². The number of para-hydroxylation sites is 1. The second kappa shape index (κ2) is 11.0. The SMILES string of the molecule is COC(=O)C(C)NP(=O)(OC[C@H]1O[C@@H]([n+]2cccc(C(N)=O)c2)[C@H](O)[C@@H]1O)Oc1ccccc1. The van der Waals surface area contributed by atoms with Crippen molar-refractivity contribution in [2.75, 3.05) is 13.7 Å². The summed E-state index contributed by atoms with van der Waals surface area (Å²) in [7, 11) is -2.99. The van der Waals surface area contributed by atoms with Crippen molar-refractivity contribution in [3.8, 4) is 5.75 Å². The van der Waals surface area contributed by atoms with Gasteiger partial charge in [0.05, 0.1) is 13.7 Å². The summed E-state index contributed by atoms with van der Waals surface area (Å²) in [6.07, 6.45) is -2.10. The van der Waals surface area contributed by atoms with Crippen LogP contribution >= 0.6 is 7.75 Å². The minimum atomic E-state index is -4.17. The van der Waals surface area contributed by atoms with E-state index in [4.69, 9.17) is 19.5 Å². The lowest BCUT2D eigenvalue weighted by atomic mass is 10.1. The molecule has 2 unspecified atom stereocenters. The molecule has 1 aliphatic heterocycles. The number of primary amides is 1. The Bertz CT molecular complexity index is 1050. The van der Waals surface area contributed by atoms with E-state index in [1.54, 1.807) is 30.3 Å². The molecule has 34 heavy (non-hydrogen) atoms. The lowest BCUT2D eigenvalue weighted by Gasteiger charge is -2.24. The van der Waals surface area contributed by atoms with Crippen LogP contribution in [-0.4, -0.2) is 60.2 Å². The Kier molecular flexibility index (Phi) is 8.37. The number of methoxy groups -OCH3 is 1. The number of benzene rings is 1. The molecule has 12 nitrogen and oxygen atoms in total. The van der Waals surface area contributed by atoms with Crippen LogP contribution in [0.15, 0.2) is 54.9 Å². The van der Waals surface area contributed by atoms with Crippen LogP contribution in [0.2, 0.25) is 0 Å². The third-order valence-electron chi connectivity index (χ3n) is 5.02. The fourth-order valence-corrected chi connectivity index (χ4v) is 4.76. The minimum Gasteiger partial charge on any atom is -0.468 e. The Morgan fingerprint density at radius 1 is 1.21 bits per heavy atom. The zero-order valence-electron chi connectivity index (χ0n) is 18.5. The van der Waals surface area contributed by atoms with Crippen molar-refractivity contribution >= 4 is 19.6 Å². The van der Waals surface area contributed by atoms with Gasteiger partial charge in [0.25, 0.3) is 12.1 Å². The standard InChI is InChI=1S/C21H26N3O9P/c1-13(21(28)30-2)23-34(29,33-15-8-4-3-5-9-15)31-12-16-17(25)18(26)20(32-16)24-10-6-7-14(11-24)19(22)27/h3-11,13,16-18,20,25-26H,12H2,1-2H3,(H2-,22,23,27,29)/p+1/t13?,16-,17-,18-,20-,34?/m1/s1. The van der Waals surface area contributed by atoms with Crippen molar-refractivity contribution in [2.45, 2.75) is 37.5 Å². The van der Waals surface area contributed by atoms with Crippen LogP contribution in [0.25, 0.3) is 0 Å². The van der Waals surface area contributed by atoms with Crippen LogP contribution in [0.3, 0.4) is 0 Å². The van der Waals surface area contributed by atoms with Crippen LogP contribution in [0.5, 0.6) is 5.75 Å². The highest BCUT2D eigenvalue weighted by atomic mass is 31.2. The van der Waals surface area contributed by atoms with Gasteiger partial charge < -0.3 is 29.9 Å². The number of nitrogens with two attached hydrogens (primary N) is 1. The largest absolute Gasteiger partial charge is 0.468 e. The van der Waals surface area contributed by atoms with Gasteiger partial charge in [0.15, 0.2) is 18.5 Å². The van der Waals surface area contributed by atoms with Crippen molar-refractivity contribution in [2.24, 2.45) is 5.73 Å². The number of rotatable bonds is 10. The molecule has 1 aromatic heterocycles. The maximum Gasteiger partial charge on any atom is 0.459 e. The van der Waals surface area contributed by atoms with Crippen LogP contribution in [0.4, 0.5) is 0 Å². The number of hydrogen-bond acceptors (Lipinski definition) is 9. The van der Waals surface area contributed by atoms with Gasteiger partial charge in [-0.15, -0.1) is 0 Å². The molecule has 6 atom stereocenters. The molecule has 0 bridgehead atoms. The average molecular weight is 496 g/mol. The maximum absolute atomic E-state index is 13.4. The first-order valence-electron chi connectivity index (χ1n) is 10.3. The van der Waals surface area contributed by atoms with E-state index in [0.717, 1.165) is 0 Å². The summed E-state index contributed by atoms with van der Waals surface area (Å²) in [4.78, 5) is 23.3. The summed E-state index contributed by atoms with van der Waals surface area (Å²) in [5.74, 6) is -1.16. The van der Waals surface area contributed by atoms with Gasteiger partial charge in [-0.1, -0.05) is 18.2 Å². The number of aliphatic hydroxyl groups is 2. The number of aromatic nitrogens is 1. The van der Waals surface area contributed by atoms with Gasteiger partial charge in [0, 0.05) is 6.07 Å². The van der Waals surface area contributed by atoms with E-state index >= 15 is 0 Å². The highest BCUT2D eigenvalue weighted by molar-refractivity contribution is 7.52. The molecule has 3 rings (SSSR count). The molecule has 1 aromatic carbocycles. The second-order valence-electron chi connectivity index (χ2n) is 7.52. The second-order valence-corrected chi connectivity index (χ2v) is 9.22. The fourth-order valence-electron chi connectivity index (χ4n) is 3.26. The Hall–Kier alpha value is -2.86. The summed E-state index contributed by atoms with van der Waals surface area (Å²) in [5.41, 5.74) is 5.47. The molecule has 184 valence electrons. The molecule has 1 aliphatic rings. The Morgan fingerprint density at radius 2 is 1.91 bits per heavy atom. The van der Waals surface area contributed by atoms with E-state index in [1.165, 1.54) is 43.1 Å². The highest BCUT2D eigenvalue weighted by Crippen LogP contribution is 2.45. The number of pyridine rings is 1. The summed E-state index contributed by atoms with van der Waals surface area (Å²) in [5, 5.41) is 23.4. The maximum atomic E-state index is 13.4. The number of carbonyl (C=O) groups excluding carboxylic acids is 2. The van der Waals surface area contributed by atoms with Crippen molar-refractivity contribution in [3.63, 3.8) is 0 Å². The van der Waals surface area contributed by atoms with E-state index in [-0.39, 0.29) is 11.3 Å². The molecule has 0 radical (unpaired) electrons. The molecule has 1 amide bonds. The van der Waals surface area contributed by atoms with E-state index in [2.05, 4.69) is 9.82 Å². The zero-order chi connectivity index (χ0) is 24.9. The van der Waals surface area contributed by atoms with E-state index in [9.17, 15) is 24.4 Å². The van der Waals surface area contributed by atoms with Gasteiger partial charge in [0.1, 0.15) is 29.6 Å². The molecule has 0 aliphatic carbocycles. The van der Waals surface area contributed by atoms with Crippen LogP contribution in [0.1, 0.15) is 23.5 Å². The van der Waals surface area contributed by atoms with Gasteiger partial charge in [-0.25, -0.2) is 4.57 Å². The number of carbonyl (C=O) groups is 2. The van der Waals surface area contributed by atoms with Crippen molar-refractivity contribution in [1.82, 2.24) is 5.09 Å². The molecule has 2 heterocycles. The highest BCUT2D eigenvalue weighted by Gasteiger charge is 2.49. The predicted octanol–water partition coefficient (Wildman–Crippen LogP) is 0.0470. The molecule has 1 saturated heterocycles. The van der Waals surface area contributed by atoms with Crippen LogP contribution in [-0.2, 0) is 23.4 Å². The van der Waals surface area contributed by atoms with Gasteiger partial charge >= 0.3 is 13.7 Å².